The van der Waals surface area contributed by atoms with E-state index in [-0.39, 0.29) is 4.90 Å². The van der Waals surface area contributed by atoms with E-state index in [1.54, 1.807) is 11.3 Å². The maximum Gasteiger partial charge on any atom is 0.243 e. The van der Waals surface area contributed by atoms with Gasteiger partial charge in [-0.25, -0.2) is 12.8 Å². The summed E-state index contributed by atoms with van der Waals surface area (Å²) in [5.74, 6) is 0.0148. The lowest BCUT2D eigenvalue weighted by Gasteiger charge is -2.31. The minimum atomic E-state index is -3.50. The van der Waals surface area contributed by atoms with E-state index in [4.69, 9.17) is 0 Å². The fourth-order valence-corrected chi connectivity index (χ4v) is 4.90. The lowest BCUT2D eigenvalue weighted by molar-refractivity contribution is 0.320. The predicted octanol–water partition coefficient (Wildman–Crippen LogP) is 3.46. The zero-order valence-corrected chi connectivity index (χ0v) is 13.0. The van der Waals surface area contributed by atoms with Crippen molar-refractivity contribution < 1.29 is 12.8 Å². The topological polar surface area (TPSA) is 37.4 Å². The van der Waals surface area contributed by atoms with E-state index in [9.17, 15) is 12.8 Å². The minimum Gasteiger partial charge on any atom is -0.207 e. The van der Waals surface area contributed by atoms with Gasteiger partial charge in [-0.3, -0.25) is 0 Å². The molecule has 6 heteroatoms. The van der Waals surface area contributed by atoms with Gasteiger partial charge < -0.3 is 0 Å². The summed E-state index contributed by atoms with van der Waals surface area (Å²) in [5, 5.41) is 4.19. The molecular formula is C15H16FNO2S2. The van der Waals surface area contributed by atoms with E-state index in [2.05, 4.69) is 16.8 Å². The molecule has 1 aliphatic rings. The van der Waals surface area contributed by atoms with Crippen molar-refractivity contribution in [3.05, 3.63) is 52.5 Å². The third-order valence-electron chi connectivity index (χ3n) is 3.92. The SMILES string of the molecule is O=S(=O)(c1ccc(F)cc1)N1CCC(c2ccsc2)CC1. The first-order chi connectivity index (χ1) is 10.1. The molecule has 1 fully saturated rings. The Hall–Kier alpha value is -1.24. The Labute approximate surface area is 128 Å². The van der Waals surface area contributed by atoms with Crippen LogP contribution in [0.2, 0.25) is 0 Å². The van der Waals surface area contributed by atoms with Gasteiger partial charge in [-0.2, -0.15) is 15.6 Å². The highest BCUT2D eigenvalue weighted by Gasteiger charge is 2.29. The van der Waals surface area contributed by atoms with E-state index < -0.39 is 15.8 Å². The van der Waals surface area contributed by atoms with Crippen LogP contribution in [0, 0.1) is 5.82 Å². The van der Waals surface area contributed by atoms with Crippen LogP contribution in [0.1, 0.15) is 24.3 Å². The molecule has 0 aliphatic carbocycles. The van der Waals surface area contributed by atoms with Gasteiger partial charge in [0.1, 0.15) is 5.82 Å². The summed E-state index contributed by atoms with van der Waals surface area (Å²) in [6.07, 6.45) is 1.66. The Bertz CT molecular complexity index is 688. The quantitative estimate of drug-likeness (QED) is 0.867. The van der Waals surface area contributed by atoms with Gasteiger partial charge in [-0.05, 0) is 65.4 Å². The molecule has 3 nitrogen and oxygen atoms in total. The molecule has 112 valence electrons. The van der Waals surface area contributed by atoms with Gasteiger partial charge in [-0.1, -0.05) is 0 Å². The van der Waals surface area contributed by atoms with Crippen LogP contribution in [-0.2, 0) is 10.0 Å². The molecule has 0 bridgehead atoms. The van der Waals surface area contributed by atoms with Crippen LogP contribution in [-0.4, -0.2) is 25.8 Å². The van der Waals surface area contributed by atoms with E-state index in [0.717, 1.165) is 12.8 Å². The van der Waals surface area contributed by atoms with Crippen molar-refractivity contribution in [3.8, 4) is 0 Å². The number of piperidine rings is 1. The molecule has 3 rings (SSSR count). The van der Waals surface area contributed by atoms with Crippen LogP contribution < -0.4 is 0 Å². The van der Waals surface area contributed by atoms with E-state index in [1.807, 2.05) is 0 Å². The third kappa shape index (κ3) is 3.02. The van der Waals surface area contributed by atoms with Crippen LogP contribution >= 0.6 is 11.3 Å². The smallest absolute Gasteiger partial charge is 0.207 e. The minimum absolute atomic E-state index is 0.165. The highest BCUT2D eigenvalue weighted by molar-refractivity contribution is 7.89. The van der Waals surface area contributed by atoms with Crippen molar-refractivity contribution in [1.29, 1.82) is 0 Å². The van der Waals surface area contributed by atoms with Crippen molar-refractivity contribution in [2.24, 2.45) is 0 Å². The first-order valence-electron chi connectivity index (χ1n) is 6.85. The summed E-state index contributed by atoms with van der Waals surface area (Å²) in [4.78, 5) is 0.165. The molecule has 0 N–H and O–H groups in total. The Morgan fingerprint density at radius 2 is 1.76 bits per heavy atom. The number of thiophene rings is 1. The highest BCUT2D eigenvalue weighted by atomic mass is 32.2. The first-order valence-corrected chi connectivity index (χ1v) is 9.23. The average Bonchev–Trinajstić information content (AvgIpc) is 3.02. The second kappa shape index (κ2) is 5.87. The molecule has 0 saturated carbocycles. The van der Waals surface area contributed by atoms with Gasteiger partial charge in [0.05, 0.1) is 4.90 Å². The lowest BCUT2D eigenvalue weighted by atomic mass is 9.92. The zero-order chi connectivity index (χ0) is 14.9. The number of benzene rings is 1. The number of halogens is 1. The molecule has 0 unspecified atom stereocenters. The molecule has 1 aliphatic heterocycles. The number of nitrogens with zero attached hydrogens (tertiary/aromatic N) is 1. The summed E-state index contributed by atoms with van der Waals surface area (Å²) in [6, 6.07) is 7.14. The molecule has 0 atom stereocenters. The summed E-state index contributed by atoms with van der Waals surface area (Å²) >= 11 is 1.67. The maximum atomic E-state index is 12.9. The van der Waals surface area contributed by atoms with Crippen molar-refractivity contribution in [3.63, 3.8) is 0 Å². The summed E-state index contributed by atoms with van der Waals surface area (Å²) in [7, 11) is -3.50. The largest absolute Gasteiger partial charge is 0.243 e. The molecule has 0 radical (unpaired) electrons. The third-order valence-corrected chi connectivity index (χ3v) is 6.53. The molecule has 1 aromatic carbocycles. The van der Waals surface area contributed by atoms with Gasteiger partial charge in [0.2, 0.25) is 10.0 Å². The van der Waals surface area contributed by atoms with E-state index in [0.29, 0.717) is 19.0 Å². The fourth-order valence-electron chi connectivity index (χ4n) is 2.69. The zero-order valence-electron chi connectivity index (χ0n) is 11.4. The fraction of sp³-hybridized carbons (Fsp3) is 0.333. The monoisotopic (exact) mass is 325 g/mol. The van der Waals surface area contributed by atoms with Gasteiger partial charge in [0, 0.05) is 13.1 Å². The summed E-state index contributed by atoms with van der Waals surface area (Å²) in [6.45, 7) is 1.03. The molecule has 0 amide bonds. The van der Waals surface area contributed by atoms with E-state index in [1.165, 1.54) is 34.1 Å². The number of hydrogen-bond donors (Lipinski definition) is 0. The molecule has 1 aromatic heterocycles. The van der Waals surface area contributed by atoms with Crippen molar-refractivity contribution in [2.45, 2.75) is 23.7 Å². The predicted molar refractivity (Wildman–Crippen MR) is 81.5 cm³/mol. The first kappa shape index (κ1) is 14.7. The molecule has 2 heterocycles. The van der Waals surface area contributed by atoms with Gasteiger partial charge in [0.15, 0.2) is 0 Å². The van der Waals surface area contributed by atoms with Crippen LogP contribution in [0.5, 0.6) is 0 Å². The molecule has 1 saturated heterocycles. The highest BCUT2D eigenvalue weighted by Crippen LogP contribution is 2.31. The molecule has 21 heavy (non-hydrogen) atoms. The number of sulfonamides is 1. The Morgan fingerprint density at radius 1 is 1.10 bits per heavy atom. The maximum absolute atomic E-state index is 12.9. The Balaban J connectivity index is 1.72. The standard InChI is InChI=1S/C15H16FNO2S2/c16-14-1-3-15(4-2-14)21(18,19)17-8-5-12(6-9-17)13-7-10-20-11-13/h1-4,7,10-12H,5-6,8-9H2. The van der Waals surface area contributed by atoms with Gasteiger partial charge >= 0.3 is 0 Å². The van der Waals surface area contributed by atoms with Crippen LogP contribution in [0.4, 0.5) is 4.39 Å². The number of rotatable bonds is 3. The average molecular weight is 325 g/mol. The van der Waals surface area contributed by atoms with Crippen molar-refractivity contribution in [1.82, 2.24) is 4.31 Å². The van der Waals surface area contributed by atoms with Crippen LogP contribution in [0.15, 0.2) is 46.0 Å². The van der Waals surface area contributed by atoms with Crippen LogP contribution in [0.3, 0.4) is 0 Å². The molecule has 0 spiro atoms. The second-order valence-corrected chi connectivity index (χ2v) is 7.91. The number of hydrogen-bond acceptors (Lipinski definition) is 3. The van der Waals surface area contributed by atoms with Crippen LogP contribution in [0.25, 0.3) is 0 Å². The molecular weight excluding hydrogens is 309 g/mol. The normalized spacial score (nSPS) is 18.0. The van der Waals surface area contributed by atoms with E-state index >= 15 is 0 Å². The lowest BCUT2D eigenvalue weighted by Crippen LogP contribution is -2.37. The van der Waals surface area contributed by atoms with Gasteiger partial charge in [0.25, 0.3) is 0 Å². The Kier molecular flexibility index (Phi) is 4.10. The second-order valence-electron chi connectivity index (χ2n) is 5.19. The van der Waals surface area contributed by atoms with Crippen molar-refractivity contribution in [2.75, 3.05) is 13.1 Å². The van der Waals surface area contributed by atoms with Gasteiger partial charge in [-0.15, -0.1) is 0 Å². The summed E-state index contributed by atoms with van der Waals surface area (Å²) in [5.41, 5.74) is 1.30. The summed E-state index contributed by atoms with van der Waals surface area (Å²) < 4.78 is 39.4. The molecule has 2 aromatic rings. The Morgan fingerprint density at radius 3 is 2.33 bits per heavy atom. The van der Waals surface area contributed by atoms with Crippen molar-refractivity contribution >= 4 is 21.4 Å².